The molecule has 1 N–H and O–H groups in total. The number of carbonyl (C=O) groups excluding carboxylic acids is 2. The van der Waals surface area contributed by atoms with Crippen LogP contribution in [0.2, 0.25) is 0 Å². The van der Waals surface area contributed by atoms with E-state index in [1.165, 1.54) is 17.8 Å². The smallest absolute Gasteiger partial charge is 0.349 e. The van der Waals surface area contributed by atoms with Crippen LogP contribution in [0.3, 0.4) is 0 Å². The predicted octanol–water partition coefficient (Wildman–Crippen LogP) is 3.87. The van der Waals surface area contributed by atoms with E-state index in [1.54, 1.807) is 48.5 Å². The molecule has 2 aromatic carbocycles. The molecule has 0 bridgehead atoms. The number of hydrogen-bond acceptors (Lipinski definition) is 8. The van der Waals surface area contributed by atoms with Crippen LogP contribution in [-0.2, 0) is 0 Å². The van der Waals surface area contributed by atoms with Crippen molar-refractivity contribution in [3.63, 3.8) is 0 Å². The van der Waals surface area contributed by atoms with Crippen molar-refractivity contribution in [2.24, 2.45) is 0 Å². The summed E-state index contributed by atoms with van der Waals surface area (Å²) in [5.41, 5.74) is 0.189. The molecule has 4 aromatic rings. The number of hydrogen-bond donors (Lipinski definition) is 1. The number of nitrogens with zero attached hydrogens (tertiary/aromatic N) is 2. The molecule has 1 amide bonds. The Kier molecular flexibility index (Phi) is 5.50. The van der Waals surface area contributed by atoms with E-state index < -0.39 is 11.5 Å². The maximum absolute atomic E-state index is 12.4. The first kappa shape index (κ1) is 19.0. The number of ketones is 1. The molecule has 9 heteroatoms. The largest absolute Gasteiger partial charge is 0.422 e. The molecule has 2 aromatic heterocycles. The van der Waals surface area contributed by atoms with Crippen molar-refractivity contribution in [2.45, 2.75) is 4.34 Å². The minimum absolute atomic E-state index is 0.0230. The first-order chi connectivity index (χ1) is 14.1. The van der Waals surface area contributed by atoms with Crippen LogP contribution in [0.25, 0.3) is 11.0 Å². The van der Waals surface area contributed by atoms with Crippen molar-refractivity contribution < 1.29 is 14.0 Å². The number of nitrogens with one attached hydrogen (secondary N) is 1. The van der Waals surface area contributed by atoms with Gasteiger partial charge in [-0.2, -0.15) is 0 Å². The second-order valence-electron chi connectivity index (χ2n) is 5.89. The fourth-order valence-corrected chi connectivity index (χ4v) is 4.18. The Bertz CT molecular complexity index is 1250. The van der Waals surface area contributed by atoms with E-state index in [-0.39, 0.29) is 22.2 Å². The highest BCUT2D eigenvalue weighted by Gasteiger charge is 2.16. The zero-order chi connectivity index (χ0) is 20.2. The van der Waals surface area contributed by atoms with E-state index in [1.807, 2.05) is 6.07 Å². The zero-order valence-electron chi connectivity index (χ0n) is 14.8. The standard InChI is InChI=1S/C20H13N3O4S2/c24-15(12-6-2-1-3-7-12)11-28-20-23-22-19(29-20)21-17(25)14-10-13-8-4-5-9-16(13)27-18(14)26/h1-10H,11H2,(H,21,22,25). The molecule has 7 nitrogen and oxygen atoms in total. The summed E-state index contributed by atoms with van der Waals surface area (Å²) in [7, 11) is 0. The third-order valence-corrected chi connectivity index (χ3v) is 5.91. The van der Waals surface area contributed by atoms with Crippen molar-refractivity contribution >= 4 is 50.9 Å². The van der Waals surface area contributed by atoms with E-state index in [4.69, 9.17) is 4.42 Å². The van der Waals surface area contributed by atoms with Gasteiger partial charge in [-0.1, -0.05) is 71.6 Å². The number of rotatable bonds is 6. The van der Waals surface area contributed by atoms with Gasteiger partial charge in [0.2, 0.25) is 5.13 Å². The van der Waals surface area contributed by atoms with Gasteiger partial charge in [0, 0.05) is 10.9 Å². The summed E-state index contributed by atoms with van der Waals surface area (Å²) in [6.45, 7) is 0. The molecule has 0 aliphatic heterocycles. The number of para-hydroxylation sites is 1. The first-order valence-electron chi connectivity index (χ1n) is 8.49. The number of amides is 1. The Morgan fingerprint density at radius 3 is 2.62 bits per heavy atom. The van der Waals surface area contributed by atoms with Crippen LogP contribution in [0.5, 0.6) is 0 Å². The van der Waals surface area contributed by atoms with Gasteiger partial charge < -0.3 is 4.42 Å². The Morgan fingerprint density at radius 1 is 1.03 bits per heavy atom. The van der Waals surface area contributed by atoms with Crippen LogP contribution in [0.15, 0.2) is 74.2 Å². The van der Waals surface area contributed by atoms with Gasteiger partial charge in [0.15, 0.2) is 10.1 Å². The van der Waals surface area contributed by atoms with Gasteiger partial charge in [-0.3, -0.25) is 14.9 Å². The average molecular weight is 423 g/mol. The summed E-state index contributed by atoms with van der Waals surface area (Å²) in [5, 5.41) is 11.3. The normalized spacial score (nSPS) is 10.8. The molecule has 0 saturated heterocycles. The van der Waals surface area contributed by atoms with Gasteiger partial charge in [-0.25, -0.2) is 4.79 Å². The van der Waals surface area contributed by atoms with Crippen molar-refractivity contribution in [3.8, 4) is 0 Å². The first-order valence-corrected chi connectivity index (χ1v) is 10.3. The second kappa shape index (κ2) is 8.38. The predicted molar refractivity (Wildman–Crippen MR) is 112 cm³/mol. The molecule has 0 aliphatic carbocycles. The highest BCUT2D eigenvalue weighted by molar-refractivity contribution is 8.01. The maximum Gasteiger partial charge on any atom is 0.349 e. The van der Waals surface area contributed by atoms with Gasteiger partial charge in [0.25, 0.3) is 5.91 Å². The Hall–Kier alpha value is -3.30. The maximum atomic E-state index is 12.4. The molecule has 0 radical (unpaired) electrons. The molecule has 0 spiro atoms. The molecule has 0 fully saturated rings. The lowest BCUT2D eigenvalue weighted by Gasteiger charge is -2.01. The summed E-state index contributed by atoms with van der Waals surface area (Å²) < 4.78 is 5.71. The monoisotopic (exact) mass is 423 g/mol. The zero-order valence-corrected chi connectivity index (χ0v) is 16.5. The molecule has 0 aliphatic rings. The molecule has 144 valence electrons. The topological polar surface area (TPSA) is 102 Å². The molecule has 0 saturated carbocycles. The van der Waals surface area contributed by atoms with Crippen molar-refractivity contribution in [1.82, 2.24) is 10.2 Å². The molecular formula is C20H13N3O4S2. The van der Waals surface area contributed by atoms with Gasteiger partial charge in [-0.15, -0.1) is 10.2 Å². The van der Waals surface area contributed by atoms with E-state index in [9.17, 15) is 14.4 Å². The summed E-state index contributed by atoms with van der Waals surface area (Å²) in [6, 6.07) is 17.4. The lowest BCUT2D eigenvalue weighted by molar-refractivity contribution is 0.101. The van der Waals surface area contributed by atoms with Gasteiger partial charge in [0.05, 0.1) is 5.75 Å². The highest BCUT2D eigenvalue weighted by Crippen LogP contribution is 2.26. The number of Topliss-reactive ketones (excluding diaryl/α,β-unsaturated/α-hetero) is 1. The van der Waals surface area contributed by atoms with Crippen LogP contribution >= 0.6 is 23.1 Å². The van der Waals surface area contributed by atoms with Gasteiger partial charge >= 0.3 is 5.63 Å². The number of benzene rings is 2. The Morgan fingerprint density at radius 2 is 1.79 bits per heavy atom. The van der Waals surface area contributed by atoms with Crippen LogP contribution in [-0.4, -0.2) is 27.6 Å². The van der Waals surface area contributed by atoms with Gasteiger partial charge in [-0.05, 0) is 12.1 Å². The number of aromatic nitrogens is 2. The molecule has 29 heavy (non-hydrogen) atoms. The number of anilines is 1. The van der Waals surface area contributed by atoms with Crippen molar-refractivity contribution in [2.75, 3.05) is 11.1 Å². The second-order valence-corrected chi connectivity index (χ2v) is 8.09. The lowest BCUT2D eigenvalue weighted by atomic mass is 10.2. The van der Waals surface area contributed by atoms with E-state index >= 15 is 0 Å². The lowest BCUT2D eigenvalue weighted by Crippen LogP contribution is -2.20. The quantitative estimate of drug-likeness (QED) is 0.217. The molecule has 0 unspecified atom stereocenters. The Labute approximate surface area is 172 Å². The number of thioether (sulfide) groups is 1. The molecule has 4 rings (SSSR count). The third kappa shape index (κ3) is 4.41. The summed E-state index contributed by atoms with van der Waals surface area (Å²) >= 11 is 2.36. The van der Waals surface area contributed by atoms with Crippen LogP contribution < -0.4 is 10.9 Å². The fraction of sp³-hybridized carbons (Fsp3) is 0.0500. The number of carbonyl (C=O) groups is 2. The van der Waals surface area contributed by atoms with Gasteiger partial charge in [0.1, 0.15) is 11.1 Å². The number of fused-ring (bicyclic) bond motifs is 1. The van der Waals surface area contributed by atoms with E-state index in [2.05, 4.69) is 15.5 Å². The molecular weight excluding hydrogens is 410 g/mol. The van der Waals surface area contributed by atoms with Crippen LogP contribution in [0.1, 0.15) is 20.7 Å². The third-order valence-electron chi connectivity index (χ3n) is 3.94. The van der Waals surface area contributed by atoms with Crippen molar-refractivity contribution in [1.29, 1.82) is 0 Å². The summed E-state index contributed by atoms with van der Waals surface area (Å²) in [4.78, 5) is 36.7. The van der Waals surface area contributed by atoms with Crippen LogP contribution in [0.4, 0.5) is 5.13 Å². The highest BCUT2D eigenvalue weighted by atomic mass is 32.2. The Balaban J connectivity index is 1.42. The SMILES string of the molecule is O=C(CSc1nnc(NC(=O)c2cc3ccccc3oc2=O)s1)c1ccccc1. The van der Waals surface area contributed by atoms with E-state index in [0.717, 1.165) is 11.3 Å². The fourth-order valence-electron chi connectivity index (χ4n) is 2.54. The summed E-state index contributed by atoms with van der Waals surface area (Å²) in [6.07, 6.45) is 0. The average Bonchev–Trinajstić information content (AvgIpc) is 3.19. The molecule has 0 atom stereocenters. The molecule has 2 heterocycles. The minimum Gasteiger partial charge on any atom is -0.422 e. The minimum atomic E-state index is -0.728. The van der Waals surface area contributed by atoms with Crippen molar-refractivity contribution in [3.05, 3.63) is 82.2 Å². The van der Waals surface area contributed by atoms with E-state index in [0.29, 0.717) is 20.9 Å². The van der Waals surface area contributed by atoms with Crippen LogP contribution in [0, 0.1) is 0 Å². The summed E-state index contributed by atoms with van der Waals surface area (Å²) in [5.74, 6) is -0.441.